The SMILES string of the molecule is Cc1cc(C)c(-c2nc(C3CCNCC3)no2)c(C)c1. The van der Waals surface area contributed by atoms with Crippen LogP contribution in [0.2, 0.25) is 0 Å². The molecule has 1 aromatic carbocycles. The van der Waals surface area contributed by atoms with Gasteiger partial charge in [-0.25, -0.2) is 0 Å². The number of rotatable bonds is 2. The van der Waals surface area contributed by atoms with Gasteiger partial charge in [-0.2, -0.15) is 4.98 Å². The number of aromatic nitrogens is 2. The second-order valence-corrected chi connectivity index (χ2v) is 5.76. The first kappa shape index (κ1) is 13.3. The fourth-order valence-electron chi connectivity index (χ4n) is 3.10. The van der Waals surface area contributed by atoms with Crippen molar-refractivity contribution in [3.05, 3.63) is 34.6 Å². The van der Waals surface area contributed by atoms with Gasteiger partial charge in [-0.1, -0.05) is 22.9 Å². The van der Waals surface area contributed by atoms with Gasteiger partial charge < -0.3 is 9.84 Å². The van der Waals surface area contributed by atoms with Crippen LogP contribution in [0.5, 0.6) is 0 Å². The Morgan fingerprint density at radius 1 is 1.10 bits per heavy atom. The molecule has 106 valence electrons. The Balaban J connectivity index is 1.94. The minimum Gasteiger partial charge on any atom is -0.334 e. The van der Waals surface area contributed by atoms with E-state index in [1.165, 1.54) is 16.7 Å². The average Bonchev–Trinajstić information content (AvgIpc) is 2.88. The van der Waals surface area contributed by atoms with Gasteiger partial charge >= 0.3 is 0 Å². The molecular weight excluding hydrogens is 250 g/mol. The molecule has 1 aliphatic heterocycles. The normalized spacial score (nSPS) is 16.6. The van der Waals surface area contributed by atoms with Crippen molar-refractivity contribution in [2.45, 2.75) is 39.5 Å². The highest BCUT2D eigenvalue weighted by Crippen LogP contribution is 2.29. The van der Waals surface area contributed by atoms with E-state index in [0.29, 0.717) is 11.8 Å². The summed E-state index contributed by atoms with van der Waals surface area (Å²) in [6, 6.07) is 4.33. The van der Waals surface area contributed by atoms with Gasteiger partial charge in [0.05, 0.1) is 0 Å². The van der Waals surface area contributed by atoms with Crippen molar-refractivity contribution in [2.24, 2.45) is 0 Å². The van der Waals surface area contributed by atoms with Crippen LogP contribution in [0.15, 0.2) is 16.7 Å². The highest BCUT2D eigenvalue weighted by atomic mass is 16.5. The first-order chi connectivity index (χ1) is 9.65. The summed E-state index contributed by atoms with van der Waals surface area (Å²) < 4.78 is 5.52. The molecule has 1 N–H and O–H groups in total. The van der Waals surface area contributed by atoms with E-state index in [9.17, 15) is 0 Å². The number of benzene rings is 1. The number of piperidine rings is 1. The van der Waals surface area contributed by atoms with Gasteiger partial charge in [0, 0.05) is 11.5 Å². The monoisotopic (exact) mass is 271 g/mol. The number of nitrogens with one attached hydrogen (secondary N) is 1. The number of hydrogen-bond acceptors (Lipinski definition) is 4. The number of aryl methyl sites for hydroxylation is 3. The predicted molar refractivity (Wildman–Crippen MR) is 78.8 cm³/mol. The van der Waals surface area contributed by atoms with Crippen LogP contribution in [0.1, 0.15) is 41.3 Å². The average molecular weight is 271 g/mol. The highest BCUT2D eigenvalue weighted by molar-refractivity contribution is 5.63. The lowest BCUT2D eigenvalue weighted by molar-refractivity contribution is 0.392. The Hall–Kier alpha value is -1.68. The van der Waals surface area contributed by atoms with Crippen LogP contribution in [0.4, 0.5) is 0 Å². The van der Waals surface area contributed by atoms with E-state index < -0.39 is 0 Å². The lowest BCUT2D eigenvalue weighted by Gasteiger charge is -2.19. The molecule has 4 nitrogen and oxygen atoms in total. The third kappa shape index (κ3) is 2.48. The topological polar surface area (TPSA) is 51.0 Å². The summed E-state index contributed by atoms with van der Waals surface area (Å²) >= 11 is 0. The van der Waals surface area contributed by atoms with Crippen molar-refractivity contribution >= 4 is 0 Å². The maximum Gasteiger partial charge on any atom is 0.258 e. The Bertz CT molecular complexity index is 589. The van der Waals surface area contributed by atoms with Crippen LogP contribution in [-0.4, -0.2) is 23.2 Å². The van der Waals surface area contributed by atoms with Gasteiger partial charge in [-0.3, -0.25) is 0 Å². The molecule has 0 amide bonds. The molecule has 0 aliphatic carbocycles. The van der Waals surface area contributed by atoms with Gasteiger partial charge in [0.2, 0.25) is 0 Å². The zero-order valence-corrected chi connectivity index (χ0v) is 12.4. The summed E-state index contributed by atoms with van der Waals surface area (Å²) in [6.45, 7) is 8.39. The van der Waals surface area contributed by atoms with Crippen LogP contribution < -0.4 is 5.32 Å². The standard InChI is InChI=1S/C16H21N3O/c1-10-8-11(2)14(12(3)9-10)16-18-15(19-20-16)13-4-6-17-7-5-13/h8-9,13,17H,4-7H2,1-3H3. The third-order valence-corrected chi connectivity index (χ3v) is 4.04. The summed E-state index contributed by atoms with van der Waals surface area (Å²) in [5, 5.41) is 7.57. The molecule has 4 heteroatoms. The molecule has 0 saturated carbocycles. The van der Waals surface area contributed by atoms with Crippen molar-refractivity contribution in [1.29, 1.82) is 0 Å². The van der Waals surface area contributed by atoms with Crippen LogP contribution in [-0.2, 0) is 0 Å². The number of nitrogens with zero attached hydrogens (tertiary/aromatic N) is 2. The van der Waals surface area contributed by atoms with E-state index in [1.54, 1.807) is 0 Å². The van der Waals surface area contributed by atoms with Crippen molar-refractivity contribution in [2.75, 3.05) is 13.1 Å². The van der Waals surface area contributed by atoms with E-state index >= 15 is 0 Å². The predicted octanol–water partition coefficient (Wildman–Crippen LogP) is 3.13. The molecule has 0 unspecified atom stereocenters. The zero-order chi connectivity index (χ0) is 14.1. The second-order valence-electron chi connectivity index (χ2n) is 5.76. The van der Waals surface area contributed by atoms with Gasteiger partial charge in [-0.15, -0.1) is 0 Å². The van der Waals surface area contributed by atoms with Gasteiger partial charge in [-0.05, 0) is 57.8 Å². The molecule has 0 radical (unpaired) electrons. The fraction of sp³-hybridized carbons (Fsp3) is 0.500. The minimum absolute atomic E-state index is 0.430. The lowest BCUT2D eigenvalue weighted by atomic mass is 9.97. The summed E-state index contributed by atoms with van der Waals surface area (Å²) in [7, 11) is 0. The molecule has 3 rings (SSSR count). The van der Waals surface area contributed by atoms with Gasteiger partial charge in [0.25, 0.3) is 5.89 Å². The minimum atomic E-state index is 0.430. The Morgan fingerprint density at radius 2 is 1.75 bits per heavy atom. The molecule has 0 atom stereocenters. The first-order valence-electron chi connectivity index (χ1n) is 7.27. The molecule has 1 saturated heterocycles. The van der Waals surface area contributed by atoms with E-state index in [0.717, 1.165) is 37.3 Å². The third-order valence-electron chi connectivity index (χ3n) is 4.04. The van der Waals surface area contributed by atoms with E-state index in [-0.39, 0.29) is 0 Å². The van der Waals surface area contributed by atoms with E-state index in [1.807, 2.05) is 0 Å². The molecule has 0 bridgehead atoms. The molecule has 1 aromatic heterocycles. The van der Waals surface area contributed by atoms with Gasteiger partial charge in [0.15, 0.2) is 5.82 Å². The Kier molecular flexibility index (Phi) is 3.57. The summed E-state index contributed by atoms with van der Waals surface area (Å²) in [6.07, 6.45) is 2.18. The smallest absolute Gasteiger partial charge is 0.258 e. The van der Waals surface area contributed by atoms with Crippen LogP contribution >= 0.6 is 0 Å². The maximum absolute atomic E-state index is 5.52. The first-order valence-corrected chi connectivity index (χ1v) is 7.27. The molecule has 0 spiro atoms. The lowest BCUT2D eigenvalue weighted by Crippen LogP contribution is -2.27. The quantitative estimate of drug-likeness (QED) is 0.911. The van der Waals surface area contributed by atoms with Crippen molar-refractivity contribution in [3.8, 4) is 11.5 Å². The molecule has 1 fully saturated rings. The fourth-order valence-corrected chi connectivity index (χ4v) is 3.10. The molecular formula is C16H21N3O. The summed E-state index contributed by atoms with van der Waals surface area (Å²) in [5.74, 6) is 1.95. The molecule has 20 heavy (non-hydrogen) atoms. The Morgan fingerprint density at radius 3 is 2.40 bits per heavy atom. The van der Waals surface area contributed by atoms with Crippen molar-refractivity contribution in [1.82, 2.24) is 15.5 Å². The Labute approximate surface area is 119 Å². The molecule has 1 aliphatic rings. The molecule has 2 aromatic rings. The summed E-state index contributed by atoms with van der Waals surface area (Å²) in [4.78, 5) is 4.65. The zero-order valence-electron chi connectivity index (χ0n) is 12.4. The maximum atomic E-state index is 5.52. The van der Waals surface area contributed by atoms with Crippen LogP contribution in [0.25, 0.3) is 11.5 Å². The van der Waals surface area contributed by atoms with Crippen LogP contribution in [0.3, 0.4) is 0 Å². The van der Waals surface area contributed by atoms with Gasteiger partial charge in [0.1, 0.15) is 0 Å². The molecule has 2 heterocycles. The number of hydrogen-bond donors (Lipinski definition) is 1. The largest absolute Gasteiger partial charge is 0.334 e. The van der Waals surface area contributed by atoms with E-state index in [4.69, 9.17) is 4.52 Å². The van der Waals surface area contributed by atoms with Crippen molar-refractivity contribution < 1.29 is 4.52 Å². The van der Waals surface area contributed by atoms with E-state index in [2.05, 4.69) is 48.4 Å². The highest BCUT2D eigenvalue weighted by Gasteiger charge is 2.22. The van der Waals surface area contributed by atoms with Crippen molar-refractivity contribution in [3.63, 3.8) is 0 Å². The van der Waals surface area contributed by atoms with Crippen LogP contribution in [0, 0.1) is 20.8 Å². The second kappa shape index (κ2) is 5.37. The summed E-state index contributed by atoms with van der Waals surface area (Å²) in [5.41, 5.74) is 4.75.